The van der Waals surface area contributed by atoms with Gasteiger partial charge in [-0.25, -0.2) is 9.48 Å². The van der Waals surface area contributed by atoms with E-state index < -0.39 is 18.5 Å². The summed E-state index contributed by atoms with van der Waals surface area (Å²) >= 11 is 0. The number of aromatic nitrogens is 2. The average Bonchev–Trinajstić information content (AvgIpc) is 3.22. The molecule has 0 aliphatic heterocycles. The van der Waals surface area contributed by atoms with Crippen molar-refractivity contribution >= 4 is 23.5 Å². The molecule has 0 saturated heterocycles. The molecule has 0 saturated carbocycles. The fourth-order valence-corrected chi connectivity index (χ4v) is 2.64. The van der Waals surface area contributed by atoms with Crippen LogP contribution >= 0.6 is 0 Å². The van der Waals surface area contributed by atoms with Crippen LogP contribution in [0.3, 0.4) is 0 Å². The molecular formula is C21H20N4O5. The first-order chi connectivity index (χ1) is 14.5. The summed E-state index contributed by atoms with van der Waals surface area (Å²) in [7, 11) is 2.93. The molecular weight excluding hydrogens is 388 g/mol. The van der Waals surface area contributed by atoms with Crippen molar-refractivity contribution in [3.63, 3.8) is 0 Å². The van der Waals surface area contributed by atoms with Crippen LogP contribution in [0.5, 0.6) is 5.75 Å². The van der Waals surface area contributed by atoms with Gasteiger partial charge in [0, 0.05) is 18.3 Å². The van der Waals surface area contributed by atoms with Gasteiger partial charge in [0.15, 0.2) is 12.4 Å². The molecule has 0 fully saturated rings. The summed E-state index contributed by atoms with van der Waals surface area (Å²) in [6, 6.07) is 15.6. The van der Waals surface area contributed by atoms with Crippen LogP contribution < -0.4 is 15.4 Å². The highest BCUT2D eigenvalue weighted by atomic mass is 16.5. The number of nitrogens with one attached hydrogen (secondary N) is 2. The van der Waals surface area contributed by atoms with E-state index in [4.69, 9.17) is 9.47 Å². The molecule has 2 aromatic carbocycles. The first-order valence-electron chi connectivity index (χ1n) is 9.00. The van der Waals surface area contributed by atoms with Crippen molar-refractivity contribution in [1.82, 2.24) is 15.1 Å². The summed E-state index contributed by atoms with van der Waals surface area (Å²) in [5, 5.41) is 9.27. The van der Waals surface area contributed by atoms with Crippen LogP contribution in [-0.2, 0) is 9.53 Å². The van der Waals surface area contributed by atoms with Gasteiger partial charge >= 0.3 is 5.97 Å². The predicted octanol–water partition coefficient (Wildman–Crippen LogP) is 2.04. The fraction of sp³-hybridized carbons (Fsp3) is 0.143. The number of carbonyl (C=O) groups is 3. The Kier molecular flexibility index (Phi) is 6.43. The Balaban J connectivity index is 1.64. The number of anilines is 1. The minimum atomic E-state index is -0.796. The van der Waals surface area contributed by atoms with Crippen molar-refractivity contribution in [2.45, 2.75) is 0 Å². The minimum Gasteiger partial charge on any atom is -0.493 e. The zero-order chi connectivity index (χ0) is 21.5. The molecule has 0 aliphatic carbocycles. The molecule has 2 N–H and O–H groups in total. The highest BCUT2D eigenvalue weighted by Crippen LogP contribution is 2.20. The molecule has 0 atom stereocenters. The largest absolute Gasteiger partial charge is 0.493 e. The number of carbonyl (C=O) groups excluding carboxylic acids is 3. The second-order valence-electron chi connectivity index (χ2n) is 6.11. The highest BCUT2D eigenvalue weighted by molar-refractivity contribution is 5.98. The van der Waals surface area contributed by atoms with Crippen molar-refractivity contribution < 1.29 is 23.9 Å². The fourth-order valence-electron chi connectivity index (χ4n) is 2.64. The molecule has 0 unspecified atom stereocenters. The van der Waals surface area contributed by atoms with Gasteiger partial charge in [0.2, 0.25) is 5.69 Å². The van der Waals surface area contributed by atoms with Gasteiger partial charge in [-0.3, -0.25) is 9.59 Å². The third-order valence-corrected chi connectivity index (χ3v) is 4.08. The van der Waals surface area contributed by atoms with Gasteiger partial charge in [0.05, 0.1) is 19.0 Å². The minimum absolute atomic E-state index is 0.0456. The number of ether oxygens (including phenoxy) is 2. The molecule has 3 rings (SSSR count). The van der Waals surface area contributed by atoms with E-state index in [0.717, 1.165) is 5.69 Å². The van der Waals surface area contributed by atoms with Gasteiger partial charge in [0.1, 0.15) is 0 Å². The van der Waals surface area contributed by atoms with E-state index in [1.165, 1.54) is 24.9 Å². The third-order valence-electron chi connectivity index (χ3n) is 4.08. The topological polar surface area (TPSA) is 112 Å². The number of methoxy groups -OCH3 is 1. The van der Waals surface area contributed by atoms with Gasteiger partial charge in [-0.05, 0) is 30.3 Å². The quantitative estimate of drug-likeness (QED) is 0.579. The second-order valence-corrected chi connectivity index (χ2v) is 6.11. The zero-order valence-corrected chi connectivity index (χ0v) is 16.4. The molecule has 3 aromatic rings. The van der Waals surface area contributed by atoms with Crippen LogP contribution in [0.1, 0.15) is 20.8 Å². The van der Waals surface area contributed by atoms with Crippen molar-refractivity contribution in [2.75, 3.05) is 26.1 Å². The molecule has 2 amide bonds. The van der Waals surface area contributed by atoms with Crippen LogP contribution in [0, 0.1) is 0 Å². The van der Waals surface area contributed by atoms with Gasteiger partial charge in [-0.2, -0.15) is 5.10 Å². The lowest BCUT2D eigenvalue weighted by molar-refractivity contribution is -0.119. The molecule has 30 heavy (non-hydrogen) atoms. The van der Waals surface area contributed by atoms with E-state index in [2.05, 4.69) is 15.7 Å². The van der Waals surface area contributed by atoms with Crippen molar-refractivity contribution in [3.05, 3.63) is 72.1 Å². The molecule has 9 heteroatoms. The number of para-hydroxylation sites is 1. The summed E-state index contributed by atoms with van der Waals surface area (Å²) in [5.74, 6) is -1.41. The van der Waals surface area contributed by atoms with Crippen molar-refractivity contribution in [1.29, 1.82) is 0 Å². The lowest BCUT2D eigenvalue weighted by Gasteiger charge is -2.07. The summed E-state index contributed by atoms with van der Waals surface area (Å²) in [6.45, 7) is -0.523. The Morgan fingerprint density at radius 1 is 1.07 bits per heavy atom. The van der Waals surface area contributed by atoms with E-state index in [0.29, 0.717) is 11.3 Å². The molecule has 0 spiro atoms. The Labute approximate surface area is 172 Å². The van der Waals surface area contributed by atoms with Gasteiger partial charge < -0.3 is 20.1 Å². The van der Waals surface area contributed by atoms with Crippen molar-refractivity contribution in [3.8, 4) is 11.4 Å². The summed E-state index contributed by atoms with van der Waals surface area (Å²) in [4.78, 5) is 36.2. The molecule has 1 heterocycles. The summed E-state index contributed by atoms with van der Waals surface area (Å²) < 4.78 is 11.7. The van der Waals surface area contributed by atoms with Crippen LogP contribution in [0.25, 0.3) is 5.69 Å². The van der Waals surface area contributed by atoms with E-state index in [-0.39, 0.29) is 17.4 Å². The lowest BCUT2D eigenvalue weighted by atomic mass is 10.2. The zero-order valence-electron chi connectivity index (χ0n) is 16.4. The van der Waals surface area contributed by atoms with Crippen LogP contribution in [0.15, 0.2) is 60.8 Å². The van der Waals surface area contributed by atoms with Crippen LogP contribution in [0.4, 0.5) is 5.69 Å². The number of hydrogen-bond acceptors (Lipinski definition) is 6. The summed E-state index contributed by atoms with van der Waals surface area (Å²) in [6.07, 6.45) is 1.55. The molecule has 0 radical (unpaired) electrons. The Bertz CT molecular complexity index is 1060. The normalized spacial score (nSPS) is 10.2. The van der Waals surface area contributed by atoms with E-state index >= 15 is 0 Å². The molecule has 1 aromatic heterocycles. The number of rotatable bonds is 7. The number of esters is 1. The smallest absolute Gasteiger partial charge is 0.363 e. The maximum atomic E-state index is 12.4. The van der Waals surface area contributed by atoms with Gasteiger partial charge in [-0.15, -0.1) is 0 Å². The summed E-state index contributed by atoms with van der Waals surface area (Å²) in [5.41, 5.74) is 1.49. The second kappa shape index (κ2) is 9.37. The van der Waals surface area contributed by atoms with E-state index in [9.17, 15) is 14.4 Å². The third kappa shape index (κ3) is 4.82. The van der Waals surface area contributed by atoms with Crippen molar-refractivity contribution in [2.24, 2.45) is 0 Å². The molecule has 154 valence electrons. The standard InChI is InChI=1S/C21H20N4O5/c1-22-20(27)14-7-6-8-15(11-14)23-18(26)13-30-21(28)19-17(29-2)12-25(24-19)16-9-4-3-5-10-16/h3-12H,13H2,1-2H3,(H,22,27)(H,23,26). The number of hydrogen-bond donors (Lipinski definition) is 2. The molecule has 9 nitrogen and oxygen atoms in total. The SMILES string of the molecule is CNC(=O)c1cccc(NC(=O)COC(=O)c2nn(-c3ccccc3)cc2OC)c1. The highest BCUT2D eigenvalue weighted by Gasteiger charge is 2.21. The van der Waals surface area contributed by atoms with Gasteiger partial charge in [-0.1, -0.05) is 24.3 Å². The van der Waals surface area contributed by atoms with Crippen LogP contribution in [0.2, 0.25) is 0 Å². The first kappa shape index (κ1) is 20.6. The average molecular weight is 408 g/mol. The Hall–Kier alpha value is -4.14. The first-order valence-corrected chi connectivity index (χ1v) is 9.00. The van der Waals surface area contributed by atoms with Gasteiger partial charge in [0.25, 0.3) is 11.8 Å². The van der Waals surface area contributed by atoms with E-state index in [1.807, 2.05) is 30.3 Å². The predicted molar refractivity (Wildman–Crippen MR) is 109 cm³/mol. The number of amides is 2. The molecule has 0 aliphatic rings. The Morgan fingerprint density at radius 3 is 2.53 bits per heavy atom. The Morgan fingerprint density at radius 2 is 1.83 bits per heavy atom. The molecule has 0 bridgehead atoms. The maximum absolute atomic E-state index is 12.4. The van der Waals surface area contributed by atoms with Crippen LogP contribution in [-0.4, -0.2) is 48.3 Å². The van der Waals surface area contributed by atoms with E-state index in [1.54, 1.807) is 24.4 Å². The maximum Gasteiger partial charge on any atom is 0.363 e. The number of nitrogens with zero attached hydrogens (tertiary/aromatic N) is 2. The lowest BCUT2D eigenvalue weighted by Crippen LogP contribution is -2.22. The monoisotopic (exact) mass is 408 g/mol. The number of benzene rings is 2.